The number of nitro benzene ring substituents is 1. The molecule has 2 amide bonds. The van der Waals surface area contributed by atoms with E-state index in [2.05, 4.69) is 11.4 Å². The molecule has 2 heterocycles. The van der Waals surface area contributed by atoms with E-state index in [1.54, 1.807) is 6.92 Å². The number of nitrogens with one attached hydrogen (secondary N) is 1. The Hall–Kier alpha value is -3.16. The molecular formula is C18H15ClN4O5S. The minimum atomic E-state index is -0.739. The molecule has 0 saturated carbocycles. The summed E-state index contributed by atoms with van der Waals surface area (Å²) in [5.41, 5.74) is 0.464. The zero-order valence-corrected chi connectivity index (χ0v) is 16.8. The number of hydrogen-bond donors (Lipinski definition) is 1. The molecule has 2 aromatic rings. The first-order chi connectivity index (χ1) is 13.8. The Morgan fingerprint density at radius 3 is 2.90 bits per heavy atom. The maximum Gasteiger partial charge on any atom is 0.410 e. The topological polar surface area (TPSA) is 126 Å². The van der Waals surface area contributed by atoms with E-state index < -0.39 is 16.9 Å². The third-order valence-electron chi connectivity index (χ3n) is 4.32. The first kappa shape index (κ1) is 20.6. The molecule has 9 nitrogen and oxygen atoms in total. The number of carbonyl (C=O) groups excluding carboxylic acids is 2. The van der Waals surface area contributed by atoms with Crippen molar-refractivity contribution >= 4 is 45.6 Å². The second kappa shape index (κ2) is 8.46. The molecular weight excluding hydrogens is 420 g/mol. The largest absolute Gasteiger partial charge is 0.450 e. The van der Waals surface area contributed by atoms with Gasteiger partial charge in [-0.2, -0.15) is 5.26 Å². The van der Waals surface area contributed by atoms with Gasteiger partial charge >= 0.3 is 6.09 Å². The number of rotatable bonds is 4. The van der Waals surface area contributed by atoms with Gasteiger partial charge < -0.3 is 15.0 Å². The first-order valence-electron chi connectivity index (χ1n) is 8.57. The molecule has 0 aliphatic carbocycles. The van der Waals surface area contributed by atoms with Gasteiger partial charge in [0.2, 0.25) is 0 Å². The smallest absolute Gasteiger partial charge is 0.410 e. The number of ether oxygens (including phenoxy) is 1. The summed E-state index contributed by atoms with van der Waals surface area (Å²) in [5.74, 6) is -0.739. The van der Waals surface area contributed by atoms with Crippen LogP contribution in [0.3, 0.4) is 0 Å². The van der Waals surface area contributed by atoms with Gasteiger partial charge in [-0.3, -0.25) is 14.9 Å². The van der Waals surface area contributed by atoms with Gasteiger partial charge in [-0.15, -0.1) is 11.3 Å². The minimum Gasteiger partial charge on any atom is -0.450 e. The van der Waals surface area contributed by atoms with Gasteiger partial charge in [-0.25, -0.2) is 4.79 Å². The summed E-state index contributed by atoms with van der Waals surface area (Å²) in [4.78, 5) is 37.5. The number of nitrogens with zero attached hydrogens (tertiary/aromatic N) is 3. The standard InChI is InChI=1S/C18H15ClN4O5S/c1-2-28-18(25)22-6-5-11-13(8-20)17(29-15(11)9-22)21-16(24)12-7-10(19)3-4-14(12)23(26)27/h3-4,7H,2,5-6,9H2,1H3,(H,21,24). The Kier molecular flexibility index (Phi) is 6.00. The molecule has 3 rings (SSSR count). The van der Waals surface area contributed by atoms with Gasteiger partial charge in [0.05, 0.1) is 23.6 Å². The van der Waals surface area contributed by atoms with E-state index in [4.69, 9.17) is 16.3 Å². The molecule has 0 bridgehead atoms. The van der Waals surface area contributed by atoms with Crippen LogP contribution in [0.15, 0.2) is 18.2 Å². The van der Waals surface area contributed by atoms with Gasteiger partial charge in [-0.05, 0) is 31.0 Å². The van der Waals surface area contributed by atoms with Crippen LogP contribution in [0.2, 0.25) is 5.02 Å². The molecule has 1 aliphatic rings. The van der Waals surface area contributed by atoms with E-state index in [9.17, 15) is 25.0 Å². The van der Waals surface area contributed by atoms with Crippen LogP contribution in [0.4, 0.5) is 15.5 Å². The van der Waals surface area contributed by atoms with E-state index in [1.165, 1.54) is 17.0 Å². The lowest BCUT2D eigenvalue weighted by Crippen LogP contribution is -2.35. The van der Waals surface area contributed by atoms with Gasteiger partial charge in [0, 0.05) is 22.5 Å². The van der Waals surface area contributed by atoms with E-state index in [0.29, 0.717) is 18.5 Å². The third kappa shape index (κ3) is 4.16. The van der Waals surface area contributed by atoms with E-state index >= 15 is 0 Å². The summed E-state index contributed by atoms with van der Waals surface area (Å²) in [6.07, 6.45) is 0.00553. The number of fused-ring (bicyclic) bond motifs is 1. The normalized spacial score (nSPS) is 12.7. The highest BCUT2D eigenvalue weighted by atomic mass is 35.5. The Bertz CT molecular complexity index is 1050. The number of amides is 2. The molecule has 1 aromatic carbocycles. The second-order valence-corrected chi connectivity index (χ2v) is 7.60. The van der Waals surface area contributed by atoms with Crippen LogP contribution in [-0.4, -0.2) is 35.0 Å². The van der Waals surface area contributed by atoms with Gasteiger partial charge in [0.25, 0.3) is 11.6 Å². The Labute approximate surface area is 174 Å². The second-order valence-electron chi connectivity index (χ2n) is 6.06. The maximum atomic E-state index is 12.7. The molecule has 0 atom stereocenters. The Morgan fingerprint density at radius 1 is 1.48 bits per heavy atom. The highest BCUT2D eigenvalue weighted by Crippen LogP contribution is 2.37. The fraction of sp³-hybridized carbons (Fsp3) is 0.278. The number of thiophene rings is 1. The molecule has 0 fully saturated rings. The van der Waals surface area contributed by atoms with Crippen molar-refractivity contribution in [2.45, 2.75) is 19.9 Å². The quantitative estimate of drug-likeness (QED) is 0.573. The molecule has 11 heteroatoms. The first-order valence-corrected chi connectivity index (χ1v) is 9.76. The van der Waals surface area contributed by atoms with Gasteiger partial charge in [-0.1, -0.05) is 11.6 Å². The average Bonchev–Trinajstić information content (AvgIpc) is 3.03. The summed E-state index contributed by atoms with van der Waals surface area (Å²) in [6.45, 7) is 2.63. The number of nitro groups is 1. The van der Waals surface area contributed by atoms with Gasteiger partial charge in [0.15, 0.2) is 0 Å². The average molecular weight is 435 g/mol. The van der Waals surface area contributed by atoms with Crippen molar-refractivity contribution in [3.8, 4) is 6.07 Å². The molecule has 0 unspecified atom stereocenters. The summed E-state index contributed by atoms with van der Waals surface area (Å²) < 4.78 is 5.01. The fourth-order valence-electron chi connectivity index (χ4n) is 3.00. The summed E-state index contributed by atoms with van der Waals surface area (Å²) in [7, 11) is 0. The molecule has 0 radical (unpaired) electrons. The van der Waals surface area contributed by atoms with Crippen molar-refractivity contribution < 1.29 is 19.2 Å². The number of anilines is 1. The van der Waals surface area contributed by atoms with E-state index in [0.717, 1.165) is 27.8 Å². The number of halogens is 1. The minimum absolute atomic E-state index is 0.178. The summed E-state index contributed by atoms with van der Waals surface area (Å²) in [6, 6.07) is 5.76. The van der Waals surface area contributed by atoms with Crippen molar-refractivity contribution in [3.63, 3.8) is 0 Å². The summed E-state index contributed by atoms with van der Waals surface area (Å²) >= 11 is 7.04. The lowest BCUT2D eigenvalue weighted by molar-refractivity contribution is -0.385. The lowest BCUT2D eigenvalue weighted by Gasteiger charge is -2.25. The molecule has 150 valence electrons. The number of nitriles is 1. The highest BCUT2D eigenvalue weighted by molar-refractivity contribution is 7.16. The zero-order chi connectivity index (χ0) is 21.1. The molecule has 29 heavy (non-hydrogen) atoms. The van der Waals surface area contributed by atoms with Crippen molar-refractivity contribution in [2.75, 3.05) is 18.5 Å². The molecule has 1 aliphatic heterocycles. The predicted molar refractivity (Wildman–Crippen MR) is 106 cm³/mol. The highest BCUT2D eigenvalue weighted by Gasteiger charge is 2.29. The van der Waals surface area contributed by atoms with E-state index in [-0.39, 0.29) is 34.4 Å². The van der Waals surface area contributed by atoms with Crippen LogP contribution in [0.5, 0.6) is 0 Å². The molecule has 1 aromatic heterocycles. The number of benzene rings is 1. The Morgan fingerprint density at radius 2 is 2.24 bits per heavy atom. The van der Waals surface area contributed by atoms with Crippen LogP contribution in [0.25, 0.3) is 0 Å². The third-order valence-corrected chi connectivity index (χ3v) is 5.69. The van der Waals surface area contributed by atoms with Crippen LogP contribution in [0, 0.1) is 21.4 Å². The number of carbonyl (C=O) groups is 2. The van der Waals surface area contributed by atoms with E-state index in [1.807, 2.05) is 0 Å². The predicted octanol–water partition coefficient (Wildman–Crippen LogP) is 3.95. The number of hydrogen-bond acceptors (Lipinski definition) is 7. The van der Waals surface area contributed by atoms with Crippen LogP contribution in [0.1, 0.15) is 33.3 Å². The van der Waals surface area contributed by atoms with Crippen LogP contribution in [-0.2, 0) is 17.7 Å². The fourth-order valence-corrected chi connectivity index (χ4v) is 4.38. The SMILES string of the molecule is CCOC(=O)N1CCc2c(sc(NC(=O)c3cc(Cl)ccc3[N+](=O)[O-])c2C#N)C1. The van der Waals surface area contributed by atoms with Crippen molar-refractivity contribution in [1.29, 1.82) is 5.26 Å². The van der Waals surface area contributed by atoms with Crippen molar-refractivity contribution in [3.05, 3.63) is 54.9 Å². The van der Waals surface area contributed by atoms with Crippen molar-refractivity contribution in [1.82, 2.24) is 4.90 Å². The molecule has 0 spiro atoms. The van der Waals surface area contributed by atoms with Crippen molar-refractivity contribution in [2.24, 2.45) is 0 Å². The maximum absolute atomic E-state index is 12.7. The molecule has 1 N–H and O–H groups in total. The Balaban J connectivity index is 1.89. The monoisotopic (exact) mass is 434 g/mol. The van der Waals surface area contributed by atoms with Gasteiger partial charge in [0.1, 0.15) is 16.6 Å². The lowest BCUT2D eigenvalue weighted by atomic mass is 10.0. The molecule has 0 saturated heterocycles. The van der Waals surface area contributed by atoms with Crippen LogP contribution >= 0.6 is 22.9 Å². The zero-order valence-electron chi connectivity index (χ0n) is 15.2. The van der Waals surface area contributed by atoms with Crippen LogP contribution < -0.4 is 5.32 Å². The summed E-state index contributed by atoms with van der Waals surface area (Å²) in [5, 5.41) is 23.8.